The number of thiophene rings is 1. The zero-order valence-corrected chi connectivity index (χ0v) is 10.3. The molecule has 0 saturated carbocycles. The SMILES string of the molecule is COc1csc(C(N)c2cccc(C)c2)c1. The van der Waals surface area contributed by atoms with E-state index in [2.05, 4.69) is 25.1 Å². The topological polar surface area (TPSA) is 35.2 Å². The van der Waals surface area contributed by atoms with Gasteiger partial charge in [-0.25, -0.2) is 0 Å². The molecule has 1 aromatic heterocycles. The standard InChI is InChI=1S/C13H15NOS/c1-9-4-3-5-10(6-9)13(14)12-7-11(15-2)8-16-12/h3-8,13H,14H2,1-2H3. The van der Waals surface area contributed by atoms with Gasteiger partial charge in [-0.05, 0) is 18.6 Å². The number of methoxy groups -OCH3 is 1. The van der Waals surface area contributed by atoms with Crippen LogP contribution in [0.2, 0.25) is 0 Å². The van der Waals surface area contributed by atoms with E-state index in [9.17, 15) is 0 Å². The van der Waals surface area contributed by atoms with Gasteiger partial charge in [-0.2, -0.15) is 0 Å². The van der Waals surface area contributed by atoms with Crippen LogP contribution in [0, 0.1) is 6.92 Å². The van der Waals surface area contributed by atoms with Gasteiger partial charge in [0.05, 0.1) is 13.2 Å². The Morgan fingerprint density at radius 2 is 2.12 bits per heavy atom. The molecule has 0 bridgehead atoms. The van der Waals surface area contributed by atoms with Crippen LogP contribution in [0.25, 0.3) is 0 Å². The third-order valence-corrected chi connectivity index (χ3v) is 3.53. The summed E-state index contributed by atoms with van der Waals surface area (Å²) in [5, 5.41) is 1.98. The van der Waals surface area contributed by atoms with E-state index >= 15 is 0 Å². The van der Waals surface area contributed by atoms with E-state index in [4.69, 9.17) is 10.5 Å². The van der Waals surface area contributed by atoms with Gasteiger partial charge in [0.1, 0.15) is 5.75 Å². The Balaban J connectivity index is 2.27. The molecule has 2 N–H and O–H groups in total. The normalized spacial score (nSPS) is 12.4. The van der Waals surface area contributed by atoms with Gasteiger partial charge in [0.25, 0.3) is 0 Å². The quantitative estimate of drug-likeness (QED) is 0.884. The van der Waals surface area contributed by atoms with E-state index in [0.29, 0.717) is 0 Å². The first-order valence-electron chi connectivity index (χ1n) is 5.15. The lowest BCUT2D eigenvalue weighted by Crippen LogP contribution is -2.10. The van der Waals surface area contributed by atoms with Gasteiger partial charge in [-0.3, -0.25) is 0 Å². The second-order valence-electron chi connectivity index (χ2n) is 3.78. The lowest BCUT2D eigenvalue weighted by Gasteiger charge is -2.10. The summed E-state index contributed by atoms with van der Waals surface area (Å²) >= 11 is 1.63. The van der Waals surface area contributed by atoms with Gasteiger partial charge in [0.15, 0.2) is 0 Å². The van der Waals surface area contributed by atoms with E-state index in [1.165, 1.54) is 5.56 Å². The molecule has 0 saturated heterocycles. The van der Waals surface area contributed by atoms with Gasteiger partial charge < -0.3 is 10.5 Å². The zero-order chi connectivity index (χ0) is 11.5. The maximum Gasteiger partial charge on any atom is 0.129 e. The minimum Gasteiger partial charge on any atom is -0.496 e. The largest absolute Gasteiger partial charge is 0.496 e. The van der Waals surface area contributed by atoms with Crippen molar-refractivity contribution in [1.82, 2.24) is 0 Å². The molecular weight excluding hydrogens is 218 g/mol. The number of rotatable bonds is 3. The van der Waals surface area contributed by atoms with Crippen molar-refractivity contribution in [2.45, 2.75) is 13.0 Å². The number of hydrogen-bond acceptors (Lipinski definition) is 3. The van der Waals surface area contributed by atoms with E-state index in [0.717, 1.165) is 16.2 Å². The molecule has 0 aliphatic rings. The molecule has 0 aliphatic heterocycles. The van der Waals surface area contributed by atoms with Crippen molar-refractivity contribution < 1.29 is 4.74 Å². The maximum absolute atomic E-state index is 6.21. The summed E-state index contributed by atoms with van der Waals surface area (Å²) in [5.74, 6) is 0.878. The first kappa shape index (κ1) is 11.2. The third-order valence-electron chi connectivity index (χ3n) is 2.54. The summed E-state index contributed by atoms with van der Waals surface area (Å²) in [6.07, 6.45) is 0. The van der Waals surface area contributed by atoms with Crippen molar-refractivity contribution in [3.8, 4) is 5.75 Å². The van der Waals surface area contributed by atoms with Gasteiger partial charge in [-0.15, -0.1) is 11.3 Å². The summed E-state index contributed by atoms with van der Waals surface area (Å²) < 4.78 is 5.16. The van der Waals surface area contributed by atoms with E-state index in [1.54, 1.807) is 18.4 Å². The highest BCUT2D eigenvalue weighted by Crippen LogP contribution is 2.29. The number of nitrogens with two attached hydrogens (primary N) is 1. The molecule has 0 amide bonds. The molecule has 1 atom stereocenters. The predicted molar refractivity (Wildman–Crippen MR) is 68.1 cm³/mol. The second kappa shape index (κ2) is 4.68. The van der Waals surface area contributed by atoms with Crippen molar-refractivity contribution >= 4 is 11.3 Å². The minimum atomic E-state index is -0.0613. The molecule has 84 valence electrons. The third kappa shape index (κ3) is 2.26. The minimum absolute atomic E-state index is 0.0613. The van der Waals surface area contributed by atoms with E-state index in [1.807, 2.05) is 17.5 Å². The van der Waals surface area contributed by atoms with Crippen LogP contribution in [0.4, 0.5) is 0 Å². The highest BCUT2D eigenvalue weighted by Gasteiger charge is 2.11. The maximum atomic E-state index is 6.21. The summed E-state index contributed by atoms with van der Waals surface area (Å²) in [6, 6.07) is 10.2. The van der Waals surface area contributed by atoms with Crippen molar-refractivity contribution in [2.24, 2.45) is 5.73 Å². The molecule has 0 radical (unpaired) electrons. The van der Waals surface area contributed by atoms with E-state index < -0.39 is 0 Å². The van der Waals surface area contributed by atoms with Crippen molar-refractivity contribution in [1.29, 1.82) is 0 Å². The molecule has 1 unspecified atom stereocenters. The molecule has 3 heteroatoms. The Morgan fingerprint density at radius 3 is 2.75 bits per heavy atom. The molecule has 2 aromatic rings. The smallest absolute Gasteiger partial charge is 0.129 e. The zero-order valence-electron chi connectivity index (χ0n) is 9.44. The molecule has 2 rings (SSSR count). The van der Waals surface area contributed by atoms with Crippen LogP contribution < -0.4 is 10.5 Å². The van der Waals surface area contributed by atoms with Crippen LogP contribution in [0.1, 0.15) is 22.0 Å². The van der Waals surface area contributed by atoms with Crippen LogP contribution >= 0.6 is 11.3 Å². The molecule has 1 aromatic carbocycles. The average Bonchev–Trinajstić information content (AvgIpc) is 2.76. The number of hydrogen-bond donors (Lipinski definition) is 1. The monoisotopic (exact) mass is 233 g/mol. The van der Waals surface area contributed by atoms with E-state index in [-0.39, 0.29) is 6.04 Å². The highest BCUT2D eigenvalue weighted by atomic mass is 32.1. The Labute approximate surface area is 99.7 Å². The van der Waals surface area contributed by atoms with Crippen molar-refractivity contribution in [3.63, 3.8) is 0 Å². The summed E-state index contributed by atoms with van der Waals surface area (Å²) in [4.78, 5) is 1.13. The number of aryl methyl sites for hydroxylation is 1. The summed E-state index contributed by atoms with van der Waals surface area (Å²) in [5.41, 5.74) is 8.58. The number of ether oxygens (including phenoxy) is 1. The fourth-order valence-corrected chi connectivity index (χ4v) is 2.52. The molecule has 0 fully saturated rings. The first-order valence-corrected chi connectivity index (χ1v) is 6.03. The van der Waals surface area contributed by atoms with Crippen LogP contribution in [0.3, 0.4) is 0 Å². The van der Waals surface area contributed by atoms with Gasteiger partial charge in [0.2, 0.25) is 0 Å². The Morgan fingerprint density at radius 1 is 1.31 bits per heavy atom. The Hall–Kier alpha value is -1.32. The summed E-state index contributed by atoms with van der Waals surface area (Å²) in [7, 11) is 1.67. The van der Waals surface area contributed by atoms with Gasteiger partial charge >= 0.3 is 0 Å². The number of benzene rings is 1. The van der Waals surface area contributed by atoms with Gasteiger partial charge in [0, 0.05) is 10.3 Å². The lowest BCUT2D eigenvalue weighted by atomic mass is 10.0. The van der Waals surface area contributed by atoms with Crippen molar-refractivity contribution in [2.75, 3.05) is 7.11 Å². The lowest BCUT2D eigenvalue weighted by molar-refractivity contribution is 0.416. The second-order valence-corrected chi connectivity index (χ2v) is 4.72. The molecule has 16 heavy (non-hydrogen) atoms. The Bertz CT molecular complexity index is 478. The highest BCUT2D eigenvalue weighted by molar-refractivity contribution is 7.10. The van der Waals surface area contributed by atoms with Crippen LogP contribution in [-0.2, 0) is 0 Å². The predicted octanol–water partition coefficient (Wildman–Crippen LogP) is 3.11. The Kier molecular flexibility index (Phi) is 3.27. The fraction of sp³-hybridized carbons (Fsp3) is 0.231. The van der Waals surface area contributed by atoms with Crippen LogP contribution in [0.5, 0.6) is 5.75 Å². The fourth-order valence-electron chi connectivity index (χ4n) is 1.63. The van der Waals surface area contributed by atoms with Crippen LogP contribution in [-0.4, -0.2) is 7.11 Å². The molecular formula is C13H15NOS. The molecule has 0 aliphatic carbocycles. The van der Waals surface area contributed by atoms with Crippen LogP contribution in [0.15, 0.2) is 35.7 Å². The van der Waals surface area contributed by atoms with Crippen molar-refractivity contribution in [3.05, 3.63) is 51.7 Å². The van der Waals surface area contributed by atoms with Gasteiger partial charge in [-0.1, -0.05) is 29.8 Å². The molecule has 1 heterocycles. The molecule has 2 nitrogen and oxygen atoms in total. The average molecular weight is 233 g/mol. The first-order chi connectivity index (χ1) is 7.70. The summed E-state index contributed by atoms with van der Waals surface area (Å²) in [6.45, 7) is 2.07. The molecule has 0 spiro atoms.